The van der Waals surface area contributed by atoms with E-state index in [4.69, 9.17) is 0 Å². The summed E-state index contributed by atoms with van der Waals surface area (Å²) in [5.41, 5.74) is 0.343. The highest BCUT2D eigenvalue weighted by molar-refractivity contribution is 7.89. The minimum atomic E-state index is -3.79. The number of ketones is 1. The van der Waals surface area contributed by atoms with E-state index in [2.05, 4.69) is 0 Å². The lowest BCUT2D eigenvalue weighted by Crippen LogP contribution is -2.45. The van der Waals surface area contributed by atoms with Gasteiger partial charge in [-0.3, -0.25) is 9.59 Å². The number of rotatable bonds is 4. The highest BCUT2D eigenvalue weighted by atomic mass is 32.2. The van der Waals surface area contributed by atoms with E-state index in [0.29, 0.717) is 24.9 Å². The Bertz CT molecular complexity index is 697. The lowest BCUT2D eigenvalue weighted by Gasteiger charge is -2.25. The first-order valence-electron chi connectivity index (χ1n) is 7.09. The highest BCUT2D eigenvalue weighted by Gasteiger charge is 2.40. The Balaban J connectivity index is 2.39. The fourth-order valence-electron chi connectivity index (χ4n) is 2.58. The monoisotopic (exact) mass is 324 g/mol. The average Bonchev–Trinajstić information content (AvgIpc) is 2.96. The van der Waals surface area contributed by atoms with Gasteiger partial charge in [0.25, 0.3) is 0 Å². The zero-order valence-electron chi connectivity index (χ0n) is 12.9. The minimum Gasteiger partial charge on any atom is -0.347 e. The maximum Gasteiger partial charge on any atom is 0.243 e. The van der Waals surface area contributed by atoms with Crippen molar-refractivity contribution in [2.75, 3.05) is 20.6 Å². The number of amides is 1. The molecule has 1 unspecified atom stereocenters. The normalized spacial score (nSPS) is 19.1. The minimum absolute atomic E-state index is 0.0543. The summed E-state index contributed by atoms with van der Waals surface area (Å²) in [5.74, 6) is -0.414. The molecule has 22 heavy (non-hydrogen) atoms. The Labute approximate surface area is 130 Å². The van der Waals surface area contributed by atoms with Crippen molar-refractivity contribution in [3.8, 4) is 0 Å². The average molecular weight is 324 g/mol. The number of hydrogen-bond donors (Lipinski definition) is 0. The molecule has 6 nitrogen and oxygen atoms in total. The van der Waals surface area contributed by atoms with E-state index in [-0.39, 0.29) is 16.6 Å². The molecule has 0 radical (unpaired) electrons. The molecule has 1 aliphatic heterocycles. The van der Waals surface area contributed by atoms with Crippen LogP contribution in [0.3, 0.4) is 0 Å². The van der Waals surface area contributed by atoms with Crippen molar-refractivity contribution < 1.29 is 18.0 Å². The van der Waals surface area contributed by atoms with Crippen molar-refractivity contribution in [1.29, 1.82) is 0 Å². The molecule has 2 rings (SSSR count). The Morgan fingerprint density at radius 1 is 1.27 bits per heavy atom. The maximum atomic E-state index is 12.8. The van der Waals surface area contributed by atoms with E-state index >= 15 is 0 Å². The summed E-state index contributed by atoms with van der Waals surface area (Å²) in [6, 6.07) is 5.28. The molecule has 0 spiro atoms. The summed E-state index contributed by atoms with van der Waals surface area (Å²) in [4.78, 5) is 25.1. The summed E-state index contributed by atoms with van der Waals surface area (Å²) in [5, 5.41) is 0. The molecule has 0 bridgehead atoms. The fraction of sp³-hybridized carbons (Fsp3) is 0.467. The van der Waals surface area contributed by atoms with Crippen molar-refractivity contribution >= 4 is 21.7 Å². The molecule has 0 aliphatic carbocycles. The Kier molecular flexibility index (Phi) is 4.67. The molecule has 120 valence electrons. The molecule has 1 aromatic rings. The molecule has 1 atom stereocenters. The number of carbonyl (C=O) groups excluding carboxylic acids is 2. The molecule has 0 aromatic heterocycles. The maximum absolute atomic E-state index is 12.8. The van der Waals surface area contributed by atoms with E-state index in [0.717, 1.165) is 0 Å². The second-order valence-electron chi connectivity index (χ2n) is 5.59. The molecule has 1 aromatic carbocycles. The van der Waals surface area contributed by atoms with E-state index < -0.39 is 16.1 Å². The first-order chi connectivity index (χ1) is 10.2. The zero-order chi connectivity index (χ0) is 16.5. The van der Waals surface area contributed by atoms with Gasteiger partial charge in [0.05, 0.1) is 4.90 Å². The fourth-order valence-corrected chi connectivity index (χ4v) is 4.28. The van der Waals surface area contributed by atoms with Crippen molar-refractivity contribution in [2.45, 2.75) is 30.7 Å². The lowest BCUT2D eigenvalue weighted by molar-refractivity contribution is -0.132. The summed E-state index contributed by atoms with van der Waals surface area (Å²) >= 11 is 0. The van der Waals surface area contributed by atoms with Crippen LogP contribution in [0.4, 0.5) is 0 Å². The van der Waals surface area contributed by atoms with Crippen LogP contribution < -0.4 is 0 Å². The van der Waals surface area contributed by atoms with Crippen molar-refractivity contribution in [2.24, 2.45) is 0 Å². The van der Waals surface area contributed by atoms with Crippen LogP contribution in [0.2, 0.25) is 0 Å². The molecule has 1 fully saturated rings. The van der Waals surface area contributed by atoms with Crippen molar-refractivity contribution in [3.63, 3.8) is 0 Å². The molecule has 1 saturated heterocycles. The van der Waals surface area contributed by atoms with Crippen LogP contribution in [-0.4, -0.2) is 56.0 Å². The van der Waals surface area contributed by atoms with Crippen LogP contribution in [0.5, 0.6) is 0 Å². The number of carbonyl (C=O) groups is 2. The second kappa shape index (κ2) is 6.18. The SMILES string of the molecule is CC(=O)c1cccc(S(=O)(=O)N2CCCC2C(=O)N(C)C)c1. The number of hydrogen-bond acceptors (Lipinski definition) is 4. The Morgan fingerprint density at radius 3 is 2.55 bits per heavy atom. The van der Waals surface area contributed by atoms with Gasteiger partial charge in [-0.25, -0.2) is 8.42 Å². The number of nitrogens with zero attached hydrogens (tertiary/aromatic N) is 2. The zero-order valence-corrected chi connectivity index (χ0v) is 13.8. The number of benzene rings is 1. The number of Topliss-reactive ketones (excluding diaryl/α,β-unsaturated/α-hetero) is 1. The molecule has 7 heteroatoms. The van der Waals surface area contributed by atoms with Gasteiger partial charge >= 0.3 is 0 Å². The van der Waals surface area contributed by atoms with Crippen molar-refractivity contribution in [1.82, 2.24) is 9.21 Å². The summed E-state index contributed by atoms with van der Waals surface area (Å²) in [6.07, 6.45) is 1.17. The van der Waals surface area contributed by atoms with Crippen molar-refractivity contribution in [3.05, 3.63) is 29.8 Å². The van der Waals surface area contributed by atoms with Gasteiger partial charge in [-0.15, -0.1) is 0 Å². The van der Waals surface area contributed by atoms with Crippen LogP contribution in [0, 0.1) is 0 Å². The molecule has 1 heterocycles. The van der Waals surface area contributed by atoms with Gasteiger partial charge in [0, 0.05) is 26.2 Å². The third kappa shape index (κ3) is 3.05. The van der Waals surface area contributed by atoms with Crippen LogP contribution in [0.25, 0.3) is 0 Å². The van der Waals surface area contributed by atoms with Gasteiger partial charge < -0.3 is 4.90 Å². The summed E-state index contributed by atoms with van der Waals surface area (Å²) in [7, 11) is -0.563. The van der Waals surface area contributed by atoms with Crippen LogP contribution in [-0.2, 0) is 14.8 Å². The molecule has 1 amide bonds. The Morgan fingerprint density at radius 2 is 1.95 bits per heavy atom. The smallest absolute Gasteiger partial charge is 0.243 e. The predicted molar refractivity (Wildman–Crippen MR) is 82.1 cm³/mol. The number of sulfonamides is 1. The topological polar surface area (TPSA) is 74.8 Å². The van der Waals surface area contributed by atoms with Gasteiger partial charge in [0.1, 0.15) is 6.04 Å². The van der Waals surface area contributed by atoms with Gasteiger partial charge in [-0.05, 0) is 31.9 Å². The summed E-state index contributed by atoms with van der Waals surface area (Å²) < 4.78 is 26.8. The molecule has 0 saturated carbocycles. The lowest BCUT2D eigenvalue weighted by atomic mass is 10.2. The van der Waals surface area contributed by atoms with Gasteiger partial charge in [0.2, 0.25) is 15.9 Å². The first-order valence-corrected chi connectivity index (χ1v) is 8.53. The van der Waals surface area contributed by atoms with E-state index in [1.165, 1.54) is 28.3 Å². The quantitative estimate of drug-likeness (QED) is 0.778. The van der Waals surface area contributed by atoms with Gasteiger partial charge in [0.15, 0.2) is 5.78 Å². The molecular weight excluding hydrogens is 304 g/mol. The third-order valence-corrected chi connectivity index (χ3v) is 5.68. The van der Waals surface area contributed by atoms with Gasteiger partial charge in [-0.1, -0.05) is 12.1 Å². The van der Waals surface area contributed by atoms with Crippen LogP contribution in [0.15, 0.2) is 29.2 Å². The second-order valence-corrected chi connectivity index (χ2v) is 7.48. The van der Waals surface area contributed by atoms with E-state index in [1.807, 2.05) is 0 Å². The van der Waals surface area contributed by atoms with E-state index in [9.17, 15) is 18.0 Å². The highest BCUT2D eigenvalue weighted by Crippen LogP contribution is 2.27. The third-order valence-electron chi connectivity index (χ3n) is 3.78. The molecule has 0 N–H and O–H groups in total. The van der Waals surface area contributed by atoms with Gasteiger partial charge in [-0.2, -0.15) is 4.31 Å². The predicted octanol–water partition coefficient (Wildman–Crippen LogP) is 1.13. The molecule has 1 aliphatic rings. The van der Waals surface area contributed by atoms with E-state index in [1.54, 1.807) is 26.2 Å². The Hall–Kier alpha value is -1.73. The largest absolute Gasteiger partial charge is 0.347 e. The van der Waals surface area contributed by atoms with Crippen LogP contribution >= 0.6 is 0 Å². The summed E-state index contributed by atoms with van der Waals surface area (Å²) in [6.45, 7) is 1.71. The first kappa shape index (κ1) is 16.6. The standard InChI is InChI=1S/C15H20N2O4S/c1-11(18)12-6-4-7-13(10-12)22(20,21)17-9-5-8-14(17)15(19)16(2)3/h4,6-7,10,14H,5,8-9H2,1-3H3. The number of likely N-dealkylation sites (N-methyl/N-ethyl adjacent to an activating group) is 1. The van der Waals surface area contributed by atoms with Crippen LogP contribution in [0.1, 0.15) is 30.1 Å². The molecular formula is C15H20N2O4S.